The molecule has 1 aliphatic heterocycles. The van der Waals surface area contributed by atoms with Gasteiger partial charge >= 0.3 is 5.97 Å². The van der Waals surface area contributed by atoms with Crippen LogP contribution in [0, 0.1) is 6.92 Å². The summed E-state index contributed by atoms with van der Waals surface area (Å²) in [4.78, 5) is 28.7. The van der Waals surface area contributed by atoms with Gasteiger partial charge < -0.3 is 14.7 Å². The van der Waals surface area contributed by atoms with Gasteiger partial charge in [0.25, 0.3) is 5.91 Å². The number of amides is 1. The van der Waals surface area contributed by atoms with Crippen LogP contribution in [-0.2, 0) is 9.53 Å². The van der Waals surface area contributed by atoms with Gasteiger partial charge in [0.15, 0.2) is 0 Å². The fourth-order valence-corrected chi connectivity index (χ4v) is 2.41. The van der Waals surface area contributed by atoms with Gasteiger partial charge in [-0.25, -0.2) is 4.98 Å². The largest absolute Gasteiger partial charge is 0.481 e. The summed E-state index contributed by atoms with van der Waals surface area (Å²) in [5.41, 5.74) is 1.12. The summed E-state index contributed by atoms with van der Waals surface area (Å²) in [5.74, 6) is -1.12. The number of ether oxygens (including phenoxy) is 1. The SMILES string of the molecule is Cc1cc(C(=O)N2CCOC(CC(=O)O)C2)cc(Cl)n1. The summed E-state index contributed by atoms with van der Waals surface area (Å²) >= 11 is 5.85. The Morgan fingerprint density at radius 1 is 1.55 bits per heavy atom. The normalized spacial score (nSPS) is 18.9. The molecule has 0 radical (unpaired) electrons. The molecule has 1 aromatic rings. The van der Waals surface area contributed by atoms with E-state index < -0.39 is 12.1 Å². The molecule has 0 aliphatic carbocycles. The number of carbonyl (C=O) groups is 2. The van der Waals surface area contributed by atoms with Crippen LogP contribution in [0.4, 0.5) is 0 Å². The molecule has 1 aromatic heterocycles. The summed E-state index contributed by atoms with van der Waals surface area (Å²) < 4.78 is 5.34. The highest BCUT2D eigenvalue weighted by atomic mass is 35.5. The molecule has 1 amide bonds. The zero-order valence-electron chi connectivity index (χ0n) is 11.0. The van der Waals surface area contributed by atoms with Gasteiger partial charge in [-0.1, -0.05) is 11.6 Å². The number of nitrogens with zero attached hydrogens (tertiary/aromatic N) is 2. The van der Waals surface area contributed by atoms with Crippen LogP contribution in [0.2, 0.25) is 5.15 Å². The number of carboxylic acid groups (broad SMARTS) is 1. The van der Waals surface area contributed by atoms with E-state index in [1.54, 1.807) is 17.9 Å². The maximum absolute atomic E-state index is 12.4. The second-order valence-electron chi connectivity index (χ2n) is 4.66. The minimum absolute atomic E-state index is 0.111. The van der Waals surface area contributed by atoms with Crippen LogP contribution >= 0.6 is 11.6 Å². The molecule has 2 rings (SSSR count). The van der Waals surface area contributed by atoms with Crippen molar-refractivity contribution >= 4 is 23.5 Å². The van der Waals surface area contributed by atoms with E-state index in [-0.39, 0.29) is 24.0 Å². The Balaban J connectivity index is 2.10. The van der Waals surface area contributed by atoms with Gasteiger partial charge in [-0.2, -0.15) is 0 Å². The molecule has 108 valence electrons. The van der Waals surface area contributed by atoms with Crippen molar-refractivity contribution in [2.45, 2.75) is 19.4 Å². The van der Waals surface area contributed by atoms with E-state index in [0.29, 0.717) is 24.4 Å². The molecule has 6 nitrogen and oxygen atoms in total. The Kier molecular flexibility index (Phi) is 4.57. The molecule has 1 fully saturated rings. The van der Waals surface area contributed by atoms with Crippen LogP contribution in [-0.4, -0.2) is 52.7 Å². The van der Waals surface area contributed by atoms with Crippen LogP contribution in [0.25, 0.3) is 0 Å². The minimum Gasteiger partial charge on any atom is -0.481 e. The predicted octanol–water partition coefficient (Wildman–Crippen LogP) is 1.36. The van der Waals surface area contributed by atoms with Crippen molar-refractivity contribution < 1.29 is 19.4 Å². The number of aromatic nitrogens is 1. The van der Waals surface area contributed by atoms with E-state index in [4.69, 9.17) is 21.4 Å². The molecular formula is C13H15ClN2O4. The number of carboxylic acids is 1. The summed E-state index contributed by atoms with van der Waals surface area (Å²) in [5, 5.41) is 9.04. The standard InChI is InChI=1S/C13H15ClN2O4/c1-8-4-9(5-11(14)15-8)13(19)16-2-3-20-10(7-16)6-12(17)18/h4-5,10H,2-3,6-7H2,1H3,(H,17,18). The number of hydrogen-bond acceptors (Lipinski definition) is 4. The van der Waals surface area contributed by atoms with E-state index in [1.165, 1.54) is 6.07 Å². The average molecular weight is 299 g/mol. The number of halogens is 1. The fraction of sp³-hybridized carbons (Fsp3) is 0.462. The summed E-state index contributed by atoms with van der Waals surface area (Å²) in [6.45, 7) is 2.80. The molecule has 1 N–H and O–H groups in total. The van der Waals surface area contributed by atoms with Gasteiger partial charge in [0.1, 0.15) is 5.15 Å². The predicted molar refractivity (Wildman–Crippen MR) is 71.9 cm³/mol. The van der Waals surface area contributed by atoms with Gasteiger partial charge in [-0.3, -0.25) is 9.59 Å². The number of hydrogen-bond donors (Lipinski definition) is 1. The topological polar surface area (TPSA) is 79.7 Å². The van der Waals surface area contributed by atoms with Gasteiger partial charge in [-0.05, 0) is 19.1 Å². The molecule has 7 heteroatoms. The smallest absolute Gasteiger partial charge is 0.306 e. The van der Waals surface area contributed by atoms with Crippen molar-refractivity contribution in [3.8, 4) is 0 Å². The highest BCUT2D eigenvalue weighted by molar-refractivity contribution is 6.29. The zero-order valence-corrected chi connectivity index (χ0v) is 11.8. The second-order valence-corrected chi connectivity index (χ2v) is 5.05. The first kappa shape index (κ1) is 14.7. The first-order valence-electron chi connectivity index (χ1n) is 6.22. The van der Waals surface area contributed by atoms with Crippen molar-refractivity contribution in [1.29, 1.82) is 0 Å². The lowest BCUT2D eigenvalue weighted by atomic mass is 10.1. The number of rotatable bonds is 3. The lowest BCUT2D eigenvalue weighted by Gasteiger charge is -2.32. The quantitative estimate of drug-likeness (QED) is 0.852. The van der Waals surface area contributed by atoms with Crippen molar-refractivity contribution in [3.63, 3.8) is 0 Å². The maximum atomic E-state index is 12.4. The third kappa shape index (κ3) is 3.68. The van der Waals surface area contributed by atoms with Crippen LogP contribution in [0.15, 0.2) is 12.1 Å². The Bertz CT molecular complexity index is 515. The van der Waals surface area contributed by atoms with Crippen LogP contribution in [0.1, 0.15) is 22.5 Å². The van der Waals surface area contributed by atoms with E-state index in [0.717, 1.165) is 0 Å². The molecule has 20 heavy (non-hydrogen) atoms. The Hall–Kier alpha value is -1.66. The van der Waals surface area contributed by atoms with Crippen LogP contribution in [0.3, 0.4) is 0 Å². The van der Waals surface area contributed by atoms with Gasteiger partial charge in [0, 0.05) is 24.3 Å². The molecule has 1 saturated heterocycles. The van der Waals surface area contributed by atoms with Crippen molar-refractivity contribution in [1.82, 2.24) is 9.88 Å². The molecule has 2 heterocycles. The third-order valence-electron chi connectivity index (χ3n) is 3.00. The number of aliphatic carboxylic acids is 1. The maximum Gasteiger partial charge on any atom is 0.306 e. The number of pyridine rings is 1. The molecular weight excluding hydrogens is 284 g/mol. The van der Waals surface area contributed by atoms with Crippen molar-refractivity contribution in [3.05, 3.63) is 28.5 Å². The third-order valence-corrected chi connectivity index (χ3v) is 3.19. The Morgan fingerprint density at radius 3 is 2.95 bits per heavy atom. The molecule has 0 saturated carbocycles. The van der Waals surface area contributed by atoms with E-state index in [2.05, 4.69) is 4.98 Å². The molecule has 1 aliphatic rings. The molecule has 0 aromatic carbocycles. The minimum atomic E-state index is -0.938. The first-order chi connectivity index (χ1) is 9.45. The summed E-state index contributed by atoms with van der Waals surface area (Å²) in [7, 11) is 0. The zero-order chi connectivity index (χ0) is 14.7. The molecule has 1 atom stereocenters. The summed E-state index contributed by atoms with van der Waals surface area (Å²) in [6, 6.07) is 3.18. The van der Waals surface area contributed by atoms with E-state index in [9.17, 15) is 9.59 Å². The molecule has 0 spiro atoms. The molecule has 0 bridgehead atoms. The lowest BCUT2D eigenvalue weighted by Crippen LogP contribution is -2.46. The van der Waals surface area contributed by atoms with Crippen molar-refractivity contribution in [2.24, 2.45) is 0 Å². The molecule has 1 unspecified atom stereocenters. The average Bonchev–Trinajstić information content (AvgIpc) is 2.36. The fourth-order valence-electron chi connectivity index (χ4n) is 2.16. The highest BCUT2D eigenvalue weighted by Gasteiger charge is 2.26. The number of aryl methyl sites for hydroxylation is 1. The monoisotopic (exact) mass is 298 g/mol. The lowest BCUT2D eigenvalue weighted by molar-refractivity contribution is -0.141. The van der Waals surface area contributed by atoms with Gasteiger partial charge in [0.2, 0.25) is 0 Å². The van der Waals surface area contributed by atoms with Crippen molar-refractivity contribution in [2.75, 3.05) is 19.7 Å². The Morgan fingerprint density at radius 2 is 2.30 bits per heavy atom. The van der Waals surface area contributed by atoms with E-state index in [1.807, 2.05) is 0 Å². The van der Waals surface area contributed by atoms with E-state index >= 15 is 0 Å². The number of morpholine rings is 1. The van der Waals surface area contributed by atoms with Crippen LogP contribution < -0.4 is 0 Å². The summed E-state index contributed by atoms with van der Waals surface area (Å²) in [6.07, 6.45) is -0.580. The van der Waals surface area contributed by atoms with Crippen LogP contribution in [0.5, 0.6) is 0 Å². The Labute approximate surface area is 121 Å². The second kappa shape index (κ2) is 6.19. The number of carbonyl (C=O) groups excluding carboxylic acids is 1. The van der Waals surface area contributed by atoms with Gasteiger partial charge in [-0.15, -0.1) is 0 Å². The van der Waals surface area contributed by atoms with Gasteiger partial charge in [0.05, 0.1) is 19.1 Å². The first-order valence-corrected chi connectivity index (χ1v) is 6.60. The highest BCUT2D eigenvalue weighted by Crippen LogP contribution is 2.16.